The Morgan fingerprint density at radius 2 is 1.94 bits per heavy atom. The first kappa shape index (κ1) is 13.4. The predicted octanol–water partition coefficient (Wildman–Crippen LogP) is 5.79. The fraction of sp³-hybridized carbons (Fsp3) is 0.556. The van der Waals surface area contributed by atoms with Crippen LogP contribution in [0, 0.1) is 5.41 Å². The fourth-order valence-electron chi connectivity index (χ4n) is 3.18. The Bertz CT molecular complexity index is 412. The third-order valence-corrected chi connectivity index (χ3v) is 4.41. The van der Waals surface area contributed by atoms with E-state index < -0.39 is 0 Å². The molecule has 0 aliphatic heterocycles. The molecule has 1 unspecified atom stereocenters. The summed E-state index contributed by atoms with van der Waals surface area (Å²) in [5.41, 5.74) is 3.40. The van der Waals surface area contributed by atoms with Gasteiger partial charge < -0.3 is 0 Å². The topological polar surface area (TPSA) is 0 Å². The predicted molar refractivity (Wildman–Crippen MR) is 80.8 cm³/mol. The van der Waals surface area contributed by atoms with Gasteiger partial charge in [0.2, 0.25) is 0 Å². The van der Waals surface area contributed by atoms with Crippen LogP contribution in [0.3, 0.4) is 0 Å². The molecular weight excluding hydrogens is 216 g/mol. The largest absolute Gasteiger partial charge is 0.0833 e. The Balaban J connectivity index is 2.16. The molecule has 0 amide bonds. The molecule has 0 heterocycles. The highest BCUT2D eigenvalue weighted by Crippen LogP contribution is 2.45. The number of hydrogen-bond donors (Lipinski definition) is 0. The zero-order valence-electron chi connectivity index (χ0n) is 12.1. The summed E-state index contributed by atoms with van der Waals surface area (Å²) >= 11 is 0. The van der Waals surface area contributed by atoms with E-state index in [0.29, 0.717) is 11.3 Å². The van der Waals surface area contributed by atoms with Crippen LogP contribution in [-0.4, -0.2) is 0 Å². The highest BCUT2D eigenvalue weighted by atomic mass is 14.4. The van der Waals surface area contributed by atoms with Crippen molar-refractivity contribution in [1.29, 1.82) is 0 Å². The Morgan fingerprint density at radius 1 is 1.17 bits per heavy atom. The molecule has 1 atom stereocenters. The lowest BCUT2D eigenvalue weighted by molar-refractivity contribution is 0.251. The molecule has 0 spiro atoms. The highest BCUT2D eigenvalue weighted by molar-refractivity contribution is 5.58. The van der Waals surface area contributed by atoms with Gasteiger partial charge in [0, 0.05) is 0 Å². The lowest BCUT2D eigenvalue weighted by atomic mass is 9.68. The molecular formula is C18H26. The van der Waals surface area contributed by atoms with Crippen molar-refractivity contribution in [1.82, 2.24) is 0 Å². The van der Waals surface area contributed by atoms with Crippen molar-refractivity contribution in [3.8, 4) is 0 Å². The molecule has 0 fully saturated rings. The van der Waals surface area contributed by atoms with Gasteiger partial charge >= 0.3 is 0 Å². The summed E-state index contributed by atoms with van der Waals surface area (Å²) in [4.78, 5) is 0. The Hall–Kier alpha value is -1.04. The van der Waals surface area contributed by atoms with Gasteiger partial charge in [-0.05, 0) is 35.3 Å². The average molecular weight is 242 g/mol. The molecule has 0 radical (unpaired) electrons. The van der Waals surface area contributed by atoms with E-state index in [0.717, 1.165) is 0 Å². The molecule has 0 bridgehead atoms. The highest BCUT2D eigenvalue weighted by Gasteiger charge is 2.31. The summed E-state index contributed by atoms with van der Waals surface area (Å²) in [6.45, 7) is 7.18. The zero-order chi connectivity index (χ0) is 13.0. The SMILES string of the molecule is CCCCCC(C)(C)C1CC=Cc2ccccc21. The van der Waals surface area contributed by atoms with Gasteiger partial charge in [-0.3, -0.25) is 0 Å². The minimum atomic E-state index is 0.413. The second kappa shape index (κ2) is 5.73. The molecule has 1 aliphatic rings. The fourth-order valence-corrected chi connectivity index (χ4v) is 3.18. The van der Waals surface area contributed by atoms with Crippen LogP contribution in [0.5, 0.6) is 0 Å². The van der Waals surface area contributed by atoms with E-state index in [2.05, 4.69) is 57.2 Å². The quantitative estimate of drug-likeness (QED) is 0.573. The lowest BCUT2D eigenvalue weighted by Gasteiger charge is -2.37. The zero-order valence-corrected chi connectivity index (χ0v) is 12.1. The van der Waals surface area contributed by atoms with Gasteiger partial charge in [0.1, 0.15) is 0 Å². The molecule has 0 saturated carbocycles. The van der Waals surface area contributed by atoms with Crippen LogP contribution in [0.4, 0.5) is 0 Å². The third-order valence-electron chi connectivity index (χ3n) is 4.41. The molecule has 0 N–H and O–H groups in total. The number of allylic oxidation sites excluding steroid dienone is 1. The van der Waals surface area contributed by atoms with Crippen LogP contribution in [-0.2, 0) is 0 Å². The average Bonchev–Trinajstić information content (AvgIpc) is 2.38. The second-order valence-electron chi connectivity index (χ2n) is 6.27. The minimum absolute atomic E-state index is 0.413. The van der Waals surface area contributed by atoms with Crippen molar-refractivity contribution < 1.29 is 0 Å². The molecule has 0 aromatic heterocycles. The van der Waals surface area contributed by atoms with Crippen molar-refractivity contribution in [3.05, 3.63) is 41.5 Å². The van der Waals surface area contributed by atoms with Crippen LogP contribution in [0.25, 0.3) is 6.08 Å². The van der Waals surface area contributed by atoms with Gasteiger partial charge in [0.15, 0.2) is 0 Å². The molecule has 98 valence electrons. The van der Waals surface area contributed by atoms with Crippen molar-refractivity contribution >= 4 is 6.08 Å². The number of fused-ring (bicyclic) bond motifs is 1. The van der Waals surface area contributed by atoms with E-state index in [1.165, 1.54) is 37.7 Å². The maximum absolute atomic E-state index is 2.45. The van der Waals surface area contributed by atoms with Gasteiger partial charge in [-0.25, -0.2) is 0 Å². The minimum Gasteiger partial charge on any atom is -0.0833 e. The van der Waals surface area contributed by atoms with Crippen molar-refractivity contribution in [2.24, 2.45) is 5.41 Å². The molecule has 0 saturated heterocycles. The summed E-state index contributed by atoms with van der Waals surface area (Å²) in [7, 11) is 0. The maximum Gasteiger partial charge on any atom is -0.00700 e. The normalized spacial score (nSPS) is 18.7. The smallest absolute Gasteiger partial charge is 0.00700 e. The van der Waals surface area contributed by atoms with Gasteiger partial charge in [-0.1, -0.05) is 76.5 Å². The number of rotatable bonds is 5. The Morgan fingerprint density at radius 3 is 2.72 bits per heavy atom. The second-order valence-corrected chi connectivity index (χ2v) is 6.27. The first-order chi connectivity index (χ1) is 8.65. The van der Waals surface area contributed by atoms with Crippen molar-refractivity contribution in [2.45, 2.75) is 58.8 Å². The van der Waals surface area contributed by atoms with Crippen LogP contribution in [0.1, 0.15) is 69.9 Å². The molecule has 1 aromatic rings. The lowest BCUT2D eigenvalue weighted by Crippen LogP contribution is -2.24. The molecule has 2 rings (SSSR count). The van der Waals surface area contributed by atoms with Crippen LogP contribution < -0.4 is 0 Å². The van der Waals surface area contributed by atoms with Crippen molar-refractivity contribution in [2.75, 3.05) is 0 Å². The summed E-state index contributed by atoms with van der Waals surface area (Å²) in [5, 5.41) is 0. The number of hydrogen-bond acceptors (Lipinski definition) is 0. The van der Waals surface area contributed by atoms with Gasteiger partial charge in [0.25, 0.3) is 0 Å². The van der Waals surface area contributed by atoms with Crippen LogP contribution in [0.15, 0.2) is 30.3 Å². The number of unbranched alkanes of at least 4 members (excludes halogenated alkanes) is 2. The van der Waals surface area contributed by atoms with Gasteiger partial charge in [-0.2, -0.15) is 0 Å². The monoisotopic (exact) mass is 242 g/mol. The van der Waals surface area contributed by atoms with E-state index in [9.17, 15) is 0 Å². The van der Waals surface area contributed by atoms with Crippen molar-refractivity contribution in [3.63, 3.8) is 0 Å². The van der Waals surface area contributed by atoms with E-state index in [1.807, 2.05) is 0 Å². The van der Waals surface area contributed by atoms with E-state index in [1.54, 1.807) is 5.56 Å². The first-order valence-electron chi connectivity index (χ1n) is 7.40. The third kappa shape index (κ3) is 2.85. The first-order valence-corrected chi connectivity index (χ1v) is 7.40. The van der Waals surface area contributed by atoms with E-state index >= 15 is 0 Å². The van der Waals surface area contributed by atoms with E-state index in [-0.39, 0.29) is 0 Å². The summed E-state index contributed by atoms with van der Waals surface area (Å²) < 4.78 is 0. The Labute approximate surface area is 112 Å². The van der Waals surface area contributed by atoms with Crippen LogP contribution >= 0.6 is 0 Å². The van der Waals surface area contributed by atoms with Gasteiger partial charge in [0.05, 0.1) is 0 Å². The summed E-state index contributed by atoms with van der Waals surface area (Å²) in [6, 6.07) is 8.91. The maximum atomic E-state index is 2.45. The molecule has 1 aliphatic carbocycles. The molecule has 18 heavy (non-hydrogen) atoms. The summed E-state index contributed by atoms with van der Waals surface area (Å²) in [6.07, 6.45) is 11.2. The molecule has 0 nitrogen and oxygen atoms in total. The Kier molecular flexibility index (Phi) is 4.27. The standard InChI is InChI=1S/C18H26/c1-4-5-8-14-18(2,3)17-13-9-11-15-10-6-7-12-16(15)17/h6-7,9-12,17H,4-5,8,13-14H2,1-3H3. The molecule has 0 heteroatoms. The molecule has 1 aromatic carbocycles. The summed E-state index contributed by atoms with van der Waals surface area (Å²) in [5.74, 6) is 0.690. The van der Waals surface area contributed by atoms with Gasteiger partial charge in [-0.15, -0.1) is 0 Å². The van der Waals surface area contributed by atoms with Crippen LogP contribution in [0.2, 0.25) is 0 Å². The number of benzene rings is 1. The van der Waals surface area contributed by atoms with E-state index in [4.69, 9.17) is 0 Å².